The summed E-state index contributed by atoms with van der Waals surface area (Å²) in [5, 5.41) is 3.59. The number of anilines is 1. The van der Waals surface area contributed by atoms with Crippen LogP contribution in [0.4, 0.5) is 10.1 Å². The van der Waals surface area contributed by atoms with Crippen LogP contribution in [0.5, 0.6) is 0 Å². The van der Waals surface area contributed by atoms with E-state index in [1.165, 1.54) is 37.7 Å². The lowest BCUT2D eigenvalue weighted by molar-refractivity contribution is 0.343. The van der Waals surface area contributed by atoms with Gasteiger partial charge < -0.3 is 10.2 Å². The van der Waals surface area contributed by atoms with Crippen LogP contribution in [-0.2, 0) is 6.42 Å². The number of fused-ring (bicyclic) bond motifs is 1. The highest BCUT2D eigenvalue weighted by molar-refractivity contribution is 5.58. The Hall–Kier alpha value is -1.09. The molecule has 1 N–H and O–H groups in total. The fraction of sp³-hybridized carbons (Fsp3) is 0.647. The van der Waals surface area contributed by atoms with Gasteiger partial charge in [0.05, 0.1) is 0 Å². The number of benzene rings is 1. The van der Waals surface area contributed by atoms with Crippen molar-refractivity contribution in [3.05, 3.63) is 29.6 Å². The fourth-order valence-corrected chi connectivity index (χ4v) is 3.56. The number of hydrogen-bond acceptors (Lipinski definition) is 2. The second-order valence-electron chi connectivity index (χ2n) is 6.22. The molecule has 0 radical (unpaired) electrons. The van der Waals surface area contributed by atoms with E-state index in [0.29, 0.717) is 0 Å². The molecule has 1 aromatic carbocycles. The van der Waals surface area contributed by atoms with E-state index in [2.05, 4.69) is 10.2 Å². The molecule has 1 aliphatic heterocycles. The van der Waals surface area contributed by atoms with Crippen molar-refractivity contribution in [2.45, 2.75) is 38.5 Å². The maximum Gasteiger partial charge on any atom is 0.125 e. The van der Waals surface area contributed by atoms with Gasteiger partial charge in [-0.15, -0.1) is 0 Å². The first-order valence-corrected chi connectivity index (χ1v) is 8.07. The summed E-state index contributed by atoms with van der Waals surface area (Å²) in [6.45, 7) is 4.18. The third kappa shape index (κ3) is 3.32. The highest BCUT2D eigenvalue weighted by Crippen LogP contribution is 2.28. The third-order valence-electron chi connectivity index (χ3n) is 4.76. The summed E-state index contributed by atoms with van der Waals surface area (Å²) < 4.78 is 13.3. The van der Waals surface area contributed by atoms with Gasteiger partial charge in [0.15, 0.2) is 0 Å². The van der Waals surface area contributed by atoms with Gasteiger partial charge in [0.2, 0.25) is 0 Å². The van der Waals surface area contributed by atoms with Gasteiger partial charge in [0, 0.05) is 25.3 Å². The Bertz CT molecular complexity index is 441. The average Bonchev–Trinajstić information content (AvgIpc) is 2.87. The standard InChI is InChI=1S/C17H25FN2/c18-16-7-6-15-8-10-20(17(15)12-16)11-9-19-13-14-4-2-1-3-5-14/h6-7,12,14,19H,1-5,8-11,13H2. The molecule has 0 spiro atoms. The molecule has 20 heavy (non-hydrogen) atoms. The zero-order valence-electron chi connectivity index (χ0n) is 12.2. The molecule has 0 saturated heterocycles. The van der Waals surface area contributed by atoms with Crippen molar-refractivity contribution in [1.82, 2.24) is 5.32 Å². The van der Waals surface area contributed by atoms with E-state index in [9.17, 15) is 4.39 Å². The lowest BCUT2D eigenvalue weighted by Crippen LogP contribution is -2.33. The molecular formula is C17H25FN2. The Morgan fingerprint density at radius 3 is 2.90 bits per heavy atom. The van der Waals surface area contributed by atoms with E-state index < -0.39 is 0 Å². The van der Waals surface area contributed by atoms with Gasteiger partial charge in [-0.05, 0) is 49.4 Å². The minimum absolute atomic E-state index is 0.120. The SMILES string of the molecule is Fc1ccc2c(c1)N(CCNCC1CCCCC1)CC2. The summed E-state index contributed by atoms with van der Waals surface area (Å²) in [6, 6.07) is 5.19. The largest absolute Gasteiger partial charge is 0.370 e. The average molecular weight is 276 g/mol. The molecule has 0 bridgehead atoms. The van der Waals surface area contributed by atoms with E-state index in [0.717, 1.165) is 44.2 Å². The van der Waals surface area contributed by atoms with Crippen LogP contribution in [0.2, 0.25) is 0 Å². The molecule has 2 nitrogen and oxygen atoms in total. The maximum absolute atomic E-state index is 13.3. The fourth-order valence-electron chi connectivity index (χ4n) is 3.56. The number of halogens is 1. The van der Waals surface area contributed by atoms with Crippen LogP contribution in [0.3, 0.4) is 0 Å². The van der Waals surface area contributed by atoms with E-state index in [4.69, 9.17) is 0 Å². The molecule has 3 rings (SSSR count). The van der Waals surface area contributed by atoms with Gasteiger partial charge >= 0.3 is 0 Å². The first-order chi connectivity index (χ1) is 9.83. The van der Waals surface area contributed by atoms with Gasteiger partial charge in [0.1, 0.15) is 5.82 Å². The number of nitrogens with zero attached hydrogens (tertiary/aromatic N) is 1. The predicted molar refractivity (Wildman–Crippen MR) is 81.8 cm³/mol. The van der Waals surface area contributed by atoms with Gasteiger partial charge in [-0.1, -0.05) is 25.3 Å². The molecule has 0 amide bonds. The number of rotatable bonds is 5. The zero-order valence-corrected chi connectivity index (χ0v) is 12.2. The van der Waals surface area contributed by atoms with Crippen LogP contribution in [0.1, 0.15) is 37.7 Å². The van der Waals surface area contributed by atoms with Gasteiger partial charge in [-0.25, -0.2) is 4.39 Å². The maximum atomic E-state index is 13.3. The molecule has 1 aromatic rings. The van der Waals surface area contributed by atoms with E-state index in [-0.39, 0.29) is 5.82 Å². The smallest absolute Gasteiger partial charge is 0.125 e. The van der Waals surface area contributed by atoms with E-state index in [1.54, 1.807) is 12.1 Å². The van der Waals surface area contributed by atoms with Crippen molar-refractivity contribution >= 4 is 5.69 Å². The Kier molecular flexibility index (Phi) is 4.56. The van der Waals surface area contributed by atoms with Crippen molar-refractivity contribution in [3.63, 3.8) is 0 Å². The van der Waals surface area contributed by atoms with Crippen LogP contribution in [0.15, 0.2) is 18.2 Å². The predicted octanol–water partition coefficient (Wildman–Crippen LogP) is 3.36. The van der Waals surface area contributed by atoms with Gasteiger partial charge in [-0.3, -0.25) is 0 Å². The van der Waals surface area contributed by atoms with Gasteiger partial charge in [0.25, 0.3) is 0 Å². The number of nitrogens with one attached hydrogen (secondary N) is 1. The Morgan fingerprint density at radius 1 is 1.20 bits per heavy atom. The molecule has 1 saturated carbocycles. The van der Waals surface area contributed by atoms with Crippen molar-refractivity contribution in [2.24, 2.45) is 5.92 Å². The monoisotopic (exact) mass is 276 g/mol. The molecule has 2 aliphatic rings. The second kappa shape index (κ2) is 6.57. The summed E-state index contributed by atoms with van der Waals surface area (Å²) in [5.41, 5.74) is 2.39. The third-order valence-corrected chi connectivity index (χ3v) is 4.76. The van der Waals surface area contributed by atoms with Crippen molar-refractivity contribution < 1.29 is 4.39 Å². The molecule has 1 aliphatic carbocycles. The molecule has 0 aromatic heterocycles. The quantitative estimate of drug-likeness (QED) is 0.830. The zero-order chi connectivity index (χ0) is 13.8. The summed E-state index contributed by atoms with van der Waals surface area (Å²) in [5.74, 6) is 0.762. The lowest BCUT2D eigenvalue weighted by Gasteiger charge is -2.23. The molecule has 1 heterocycles. The summed E-state index contributed by atoms with van der Waals surface area (Å²) in [4.78, 5) is 2.31. The summed E-state index contributed by atoms with van der Waals surface area (Å²) >= 11 is 0. The van der Waals surface area contributed by atoms with Crippen molar-refractivity contribution in [1.29, 1.82) is 0 Å². The second-order valence-corrected chi connectivity index (χ2v) is 6.22. The van der Waals surface area contributed by atoms with E-state index in [1.807, 2.05) is 6.07 Å². The number of hydrogen-bond donors (Lipinski definition) is 1. The van der Waals surface area contributed by atoms with Crippen LogP contribution in [0, 0.1) is 11.7 Å². The lowest BCUT2D eigenvalue weighted by atomic mass is 9.89. The molecule has 110 valence electrons. The Balaban J connectivity index is 1.42. The first kappa shape index (κ1) is 13.9. The highest BCUT2D eigenvalue weighted by atomic mass is 19.1. The van der Waals surface area contributed by atoms with E-state index >= 15 is 0 Å². The first-order valence-electron chi connectivity index (χ1n) is 8.07. The Morgan fingerprint density at radius 2 is 2.05 bits per heavy atom. The molecule has 0 unspecified atom stereocenters. The topological polar surface area (TPSA) is 15.3 Å². The minimum atomic E-state index is -0.120. The highest BCUT2D eigenvalue weighted by Gasteiger charge is 2.19. The van der Waals surface area contributed by atoms with Crippen LogP contribution < -0.4 is 10.2 Å². The van der Waals surface area contributed by atoms with Crippen LogP contribution >= 0.6 is 0 Å². The molecule has 0 atom stereocenters. The minimum Gasteiger partial charge on any atom is -0.370 e. The molecular weight excluding hydrogens is 251 g/mol. The molecule has 3 heteroatoms. The Labute approximate surface area is 121 Å². The molecule has 1 fully saturated rings. The van der Waals surface area contributed by atoms with Gasteiger partial charge in [-0.2, -0.15) is 0 Å². The summed E-state index contributed by atoms with van der Waals surface area (Å²) in [7, 11) is 0. The van der Waals surface area contributed by atoms with Crippen LogP contribution in [0.25, 0.3) is 0 Å². The van der Waals surface area contributed by atoms with Crippen LogP contribution in [-0.4, -0.2) is 26.2 Å². The van der Waals surface area contributed by atoms with Crippen molar-refractivity contribution in [2.75, 3.05) is 31.1 Å². The summed E-state index contributed by atoms with van der Waals surface area (Å²) in [6.07, 6.45) is 8.08. The van der Waals surface area contributed by atoms with Crippen molar-refractivity contribution in [3.8, 4) is 0 Å². The normalized spacial score (nSPS) is 19.4.